The molecule has 0 spiro atoms. The number of anilines is 1. The Labute approximate surface area is 131 Å². The smallest absolute Gasteiger partial charge is 0.276 e. The van der Waals surface area contributed by atoms with Gasteiger partial charge in [0.25, 0.3) is 5.91 Å². The summed E-state index contributed by atoms with van der Waals surface area (Å²) in [6.45, 7) is 4.34. The van der Waals surface area contributed by atoms with Gasteiger partial charge in [0.05, 0.1) is 16.7 Å². The molecule has 3 rings (SSSR count). The molecule has 0 aliphatic rings. The molecule has 0 saturated heterocycles. The van der Waals surface area contributed by atoms with Crippen LogP contribution in [0.2, 0.25) is 0 Å². The molecule has 0 fully saturated rings. The number of amides is 2. The van der Waals surface area contributed by atoms with Crippen LogP contribution in [0.3, 0.4) is 0 Å². The Morgan fingerprint density at radius 2 is 2.13 bits per heavy atom. The average Bonchev–Trinajstić information content (AvgIpc) is 3.08. The van der Waals surface area contributed by atoms with Crippen molar-refractivity contribution in [3.8, 4) is 0 Å². The molecular formula is C15H16N6O2. The third-order valence-electron chi connectivity index (χ3n) is 3.43. The number of hydrogen-bond donors (Lipinski definition) is 3. The Hall–Kier alpha value is -3.16. The Bertz CT molecular complexity index is 908. The van der Waals surface area contributed by atoms with Crippen LogP contribution in [0, 0.1) is 6.92 Å². The Balaban J connectivity index is 1.88. The van der Waals surface area contributed by atoms with E-state index in [1.54, 1.807) is 28.9 Å². The number of imidazole rings is 1. The molecule has 0 saturated carbocycles. The van der Waals surface area contributed by atoms with Gasteiger partial charge in [-0.25, -0.2) is 4.98 Å². The van der Waals surface area contributed by atoms with Crippen LogP contribution >= 0.6 is 0 Å². The third kappa shape index (κ3) is 2.78. The van der Waals surface area contributed by atoms with Crippen LogP contribution in [0.15, 0.2) is 24.3 Å². The van der Waals surface area contributed by atoms with Gasteiger partial charge in [-0.3, -0.25) is 19.6 Å². The van der Waals surface area contributed by atoms with E-state index in [0.717, 1.165) is 5.69 Å². The molecule has 0 radical (unpaired) electrons. The number of benzene rings is 1. The van der Waals surface area contributed by atoms with Crippen molar-refractivity contribution in [2.75, 3.05) is 5.32 Å². The van der Waals surface area contributed by atoms with Gasteiger partial charge in [0.2, 0.25) is 11.9 Å². The highest BCUT2D eigenvalue weighted by Gasteiger charge is 2.15. The van der Waals surface area contributed by atoms with E-state index in [0.29, 0.717) is 34.8 Å². The van der Waals surface area contributed by atoms with Crippen molar-refractivity contribution in [3.63, 3.8) is 0 Å². The molecule has 0 bridgehead atoms. The van der Waals surface area contributed by atoms with Crippen LogP contribution in [0.25, 0.3) is 11.0 Å². The molecule has 4 N–H and O–H groups in total. The summed E-state index contributed by atoms with van der Waals surface area (Å²) in [5, 5.41) is 6.94. The standard InChI is InChI=1S/C15H16N6O2/c1-3-21-12(6-8(2)20-21)14(23)19-15-17-10-5-4-9(13(16)22)7-11(10)18-15/h4-7H,3H2,1-2H3,(H2,16,22)(H2,17,18,19,23). The van der Waals surface area contributed by atoms with Gasteiger partial charge < -0.3 is 10.7 Å². The lowest BCUT2D eigenvalue weighted by Crippen LogP contribution is -2.18. The Morgan fingerprint density at radius 1 is 1.35 bits per heavy atom. The summed E-state index contributed by atoms with van der Waals surface area (Å²) in [6, 6.07) is 6.57. The van der Waals surface area contributed by atoms with Gasteiger partial charge >= 0.3 is 0 Å². The molecule has 1 aromatic carbocycles. The topological polar surface area (TPSA) is 119 Å². The lowest BCUT2D eigenvalue weighted by molar-refractivity contribution is 0.0996. The monoisotopic (exact) mass is 312 g/mol. The molecule has 118 valence electrons. The van der Waals surface area contributed by atoms with Crippen molar-refractivity contribution in [2.24, 2.45) is 5.73 Å². The summed E-state index contributed by atoms with van der Waals surface area (Å²) in [4.78, 5) is 30.8. The summed E-state index contributed by atoms with van der Waals surface area (Å²) in [5.74, 6) is -0.524. The summed E-state index contributed by atoms with van der Waals surface area (Å²) in [5.41, 5.74) is 8.11. The third-order valence-corrected chi connectivity index (χ3v) is 3.43. The number of aromatic amines is 1. The van der Waals surface area contributed by atoms with E-state index in [1.165, 1.54) is 0 Å². The first-order valence-corrected chi connectivity index (χ1v) is 7.13. The summed E-state index contributed by atoms with van der Waals surface area (Å²) in [7, 11) is 0. The SMILES string of the molecule is CCn1nc(C)cc1C(=O)Nc1nc2ccc(C(N)=O)cc2[nH]1. The number of carbonyl (C=O) groups is 2. The number of hydrogen-bond acceptors (Lipinski definition) is 4. The molecule has 8 nitrogen and oxygen atoms in total. The van der Waals surface area contributed by atoms with Crippen molar-refractivity contribution < 1.29 is 9.59 Å². The van der Waals surface area contributed by atoms with E-state index in [4.69, 9.17) is 5.73 Å². The number of rotatable bonds is 4. The Morgan fingerprint density at radius 3 is 2.83 bits per heavy atom. The number of primary amides is 1. The van der Waals surface area contributed by atoms with E-state index in [-0.39, 0.29) is 5.91 Å². The first-order chi connectivity index (χ1) is 11.0. The fourth-order valence-electron chi connectivity index (χ4n) is 2.36. The molecule has 2 heterocycles. The first-order valence-electron chi connectivity index (χ1n) is 7.13. The number of aryl methyl sites for hydroxylation is 2. The van der Waals surface area contributed by atoms with E-state index < -0.39 is 5.91 Å². The molecule has 0 unspecified atom stereocenters. The maximum atomic E-state index is 12.4. The number of carbonyl (C=O) groups excluding carboxylic acids is 2. The normalized spacial score (nSPS) is 10.9. The fraction of sp³-hybridized carbons (Fsp3) is 0.200. The Kier molecular flexibility index (Phi) is 3.57. The van der Waals surface area contributed by atoms with Gasteiger partial charge in [-0.05, 0) is 38.1 Å². The average molecular weight is 312 g/mol. The van der Waals surface area contributed by atoms with E-state index >= 15 is 0 Å². The maximum Gasteiger partial charge on any atom is 0.276 e. The van der Waals surface area contributed by atoms with Crippen LogP contribution in [-0.4, -0.2) is 31.6 Å². The van der Waals surface area contributed by atoms with Crippen molar-refractivity contribution >= 4 is 28.8 Å². The molecule has 2 aromatic heterocycles. The van der Waals surface area contributed by atoms with Crippen LogP contribution in [-0.2, 0) is 6.54 Å². The predicted molar refractivity (Wildman–Crippen MR) is 85.2 cm³/mol. The molecule has 8 heteroatoms. The van der Waals surface area contributed by atoms with Gasteiger partial charge in [0, 0.05) is 12.1 Å². The van der Waals surface area contributed by atoms with E-state index in [1.807, 2.05) is 13.8 Å². The zero-order chi connectivity index (χ0) is 16.6. The maximum absolute atomic E-state index is 12.4. The minimum atomic E-state index is -0.519. The zero-order valence-corrected chi connectivity index (χ0v) is 12.8. The van der Waals surface area contributed by atoms with E-state index in [9.17, 15) is 9.59 Å². The minimum Gasteiger partial charge on any atom is -0.366 e. The second-order valence-corrected chi connectivity index (χ2v) is 5.12. The minimum absolute atomic E-state index is 0.299. The second kappa shape index (κ2) is 5.56. The van der Waals surface area contributed by atoms with Crippen molar-refractivity contribution in [1.82, 2.24) is 19.7 Å². The number of H-pyrrole nitrogens is 1. The number of nitrogens with two attached hydrogens (primary N) is 1. The number of nitrogens with zero attached hydrogens (tertiary/aromatic N) is 3. The fourth-order valence-corrected chi connectivity index (χ4v) is 2.36. The van der Waals surface area contributed by atoms with Gasteiger partial charge in [-0.2, -0.15) is 5.10 Å². The highest BCUT2D eigenvalue weighted by molar-refractivity contribution is 6.03. The molecule has 0 aliphatic heterocycles. The van der Waals surface area contributed by atoms with Crippen LogP contribution < -0.4 is 11.1 Å². The van der Waals surface area contributed by atoms with Crippen LogP contribution in [0.4, 0.5) is 5.95 Å². The van der Waals surface area contributed by atoms with Gasteiger partial charge in [-0.15, -0.1) is 0 Å². The summed E-state index contributed by atoms with van der Waals surface area (Å²) in [6.07, 6.45) is 0. The van der Waals surface area contributed by atoms with Crippen molar-refractivity contribution in [1.29, 1.82) is 0 Å². The van der Waals surface area contributed by atoms with Crippen molar-refractivity contribution in [3.05, 3.63) is 41.2 Å². The molecule has 2 amide bonds. The van der Waals surface area contributed by atoms with Crippen LogP contribution in [0.5, 0.6) is 0 Å². The quantitative estimate of drug-likeness (QED) is 0.675. The highest BCUT2D eigenvalue weighted by atomic mass is 16.2. The number of nitrogens with one attached hydrogen (secondary N) is 2. The molecular weight excluding hydrogens is 296 g/mol. The van der Waals surface area contributed by atoms with Crippen molar-refractivity contribution in [2.45, 2.75) is 20.4 Å². The summed E-state index contributed by atoms with van der Waals surface area (Å²) >= 11 is 0. The highest BCUT2D eigenvalue weighted by Crippen LogP contribution is 2.17. The molecule has 3 aromatic rings. The number of fused-ring (bicyclic) bond motifs is 1. The molecule has 0 aliphatic carbocycles. The molecule has 23 heavy (non-hydrogen) atoms. The molecule has 0 atom stereocenters. The second-order valence-electron chi connectivity index (χ2n) is 5.12. The summed E-state index contributed by atoms with van der Waals surface area (Å²) < 4.78 is 1.62. The predicted octanol–water partition coefficient (Wildman–Crippen LogP) is 1.44. The van der Waals surface area contributed by atoms with Gasteiger partial charge in [-0.1, -0.05) is 0 Å². The van der Waals surface area contributed by atoms with Crippen LogP contribution in [0.1, 0.15) is 33.5 Å². The largest absolute Gasteiger partial charge is 0.366 e. The van der Waals surface area contributed by atoms with E-state index in [2.05, 4.69) is 20.4 Å². The van der Waals surface area contributed by atoms with Gasteiger partial charge in [0.1, 0.15) is 5.69 Å². The van der Waals surface area contributed by atoms with Gasteiger partial charge in [0.15, 0.2) is 0 Å². The first kappa shape index (κ1) is 14.8. The number of aromatic nitrogens is 4. The lowest BCUT2D eigenvalue weighted by Gasteiger charge is -2.03. The lowest BCUT2D eigenvalue weighted by atomic mass is 10.2. The zero-order valence-electron chi connectivity index (χ0n) is 12.8.